The van der Waals surface area contributed by atoms with Crippen molar-refractivity contribution < 1.29 is 13.9 Å². The molecule has 3 aromatic rings. The topological polar surface area (TPSA) is 51.5 Å². The molecule has 0 atom stereocenters. The van der Waals surface area contributed by atoms with Crippen molar-refractivity contribution in [2.75, 3.05) is 13.2 Å². The second-order valence-electron chi connectivity index (χ2n) is 6.38. The normalized spacial score (nSPS) is 11.2. The summed E-state index contributed by atoms with van der Waals surface area (Å²) < 4.78 is 10.8. The lowest BCUT2D eigenvalue weighted by atomic mass is 10.0. The number of ether oxygens (including phenoxy) is 1. The van der Waals surface area contributed by atoms with Crippen molar-refractivity contribution in [3.8, 4) is 5.75 Å². The van der Waals surface area contributed by atoms with Crippen LogP contribution in [0.25, 0.3) is 11.6 Å². The fourth-order valence-corrected chi connectivity index (χ4v) is 2.92. The third-order valence-corrected chi connectivity index (χ3v) is 4.32. The molecule has 0 bridgehead atoms. The van der Waals surface area contributed by atoms with Crippen LogP contribution in [-0.4, -0.2) is 19.1 Å². The number of furan rings is 1. The first-order valence-corrected chi connectivity index (χ1v) is 9.57. The van der Waals surface area contributed by atoms with Crippen molar-refractivity contribution in [3.05, 3.63) is 89.9 Å². The summed E-state index contributed by atoms with van der Waals surface area (Å²) in [6.45, 7) is 3.25. The minimum absolute atomic E-state index is 0.103. The Balaban J connectivity index is 1.57. The molecule has 4 nitrogen and oxygen atoms in total. The molecule has 0 fully saturated rings. The zero-order valence-corrected chi connectivity index (χ0v) is 16.1. The molecule has 1 aromatic heterocycles. The SMILES string of the molecule is CCOc1ccc(CCCNC(=O)/C(=C/c2ccco2)c2ccccc2)cc1. The van der Waals surface area contributed by atoms with Gasteiger partial charge in [-0.05, 0) is 61.2 Å². The Hall–Kier alpha value is -3.27. The first-order chi connectivity index (χ1) is 13.8. The van der Waals surface area contributed by atoms with Gasteiger partial charge in [0, 0.05) is 6.54 Å². The predicted molar refractivity (Wildman–Crippen MR) is 112 cm³/mol. The van der Waals surface area contributed by atoms with E-state index in [0.717, 1.165) is 24.2 Å². The second-order valence-corrected chi connectivity index (χ2v) is 6.38. The zero-order valence-electron chi connectivity index (χ0n) is 16.1. The van der Waals surface area contributed by atoms with E-state index in [1.165, 1.54) is 5.56 Å². The summed E-state index contributed by atoms with van der Waals surface area (Å²) in [7, 11) is 0. The van der Waals surface area contributed by atoms with Crippen molar-refractivity contribution in [3.63, 3.8) is 0 Å². The van der Waals surface area contributed by atoms with Crippen LogP contribution < -0.4 is 10.1 Å². The average Bonchev–Trinajstić information content (AvgIpc) is 3.25. The molecule has 0 aliphatic carbocycles. The van der Waals surface area contributed by atoms with Crippen molar-refractivity contribution in [1.82, 2.24) is 5.32 Å². The predicted octanol–water partition coefficient (Wildman–Crippen LogP) is 4.97. The van der Waals surface area contributed by atoms with E-state index in [9.17, 15) is 4.79 Å². The third-order valence-electron chi connectivity index (χ3n) is 4.32. The lowest BCUT2D eigenvalue weighted by Gasteiger charge is -2.10. The third kappa shape index (κ3) is 5.61. The van der Waals surface area contributed by atoms with Gasteiger partial charge in [0.05, 0.1) is 18.4 Å². The van der Waals surface area contributed by atoms with Gasteiger partial charge < -0.3 is 14.5 Å². The van der Waals surface area contributed by atoms with Crippen LogP contribution in [0.2, 0.25) is 0 Å². The highest BCUT2D eigenvalue weighted by Gasteiger charge is 2.12. The van der Waals surface area contributed by atoms with E-state index in [1.807, 2.05) is 61.5 Å². The van der Waals surface area contributed by atoms with Gasteiger partial charge >= 0.3 is 0 Å². The van der Waals surface area contributed by atoms with Crippen molar-refractivity contribution in [2.24, 2.45) is 0 Å². The van der Waals surface area contributed by atoms with Gasteiger partial charge in [-0.25, -0.2) is 0 Å². The molecule has 0 radical (unpaired) electrons. The van der Waals surface area contributed by atoms with Gasteiger partial charge in [-0.2, -0.15) is 0 Å². The Labute approximate surface area is 165 Å². The van der Waals surface area contributed by atoms with Crippen LogP contribution in [0.15, 0.2) is 77.4 Å². The highest BCUT2D eigenvalue weighted by molar-refractivity contribution is 6.24. The molecule has 4 heteroatoms. The Bertz CT molecular complexity index is 881. The molecule has 28 heavy (non-hydrogen) atoms. The first-order valence-electron chi connectivity index (χ1n) is 9.57. The summed E-state index contributed by atoms with van der Waals surface area (Å²) in [5.74, 6) is 1.44. The van der Waals surface area contributed by atoms with Crippen LogP contribution in [0, 0.1) is 0 Å². The Morgan fingerprint density at radius 2 is 1.82 bits per heavy atom. The number of carbonyl (C=O) groups excluding carboxylic acids is 1. The Morgan fingerprint density at radius 1 is 1.04 bits per heavy atom. The van der Waals surface area contributed by atoms with E-state index in [0.29, 0.717) is 24.5 Å². The molecule has 0 unspecified atom stereocenters. The summed E-state index contributed by atoms with van der Waals surface area (Å²) in [6, 6.07) is 21.4. The molecule has 0 aliphatic rings. The first kappa shape index (κ1) is 19.5. The number of amides is 1. The number of carbonyl (C=O) groups is 1. The molecular weight excluding hydrogens is 350 g/mol. The number of hydrogen-bond donors (Lipinski definition) is 1. The highest BCUT2D eigenvalue weighted by Crippen LogP contribution is 2.19. The standard InChI is InChI=1S/C24H25NO3/c1-2-27-21-14-12-19(13-15-21)8-6-16-25-24(26)23(18-22-11-7-17-28-22)20-9-4-3-5-10-20/h3-5,7,9-15,17-18H,2,6,8,16H2,1H3,(H,25,26)/b23-18+. The second kappa shape index (κ2) is 10.2. The number of rotatable bonds is 9. The molecule has 1 heterocycles. The van der Waals surface area contributed by atoms with Gasteiger partial charge in [0.1, 0.15) is 11.5 Å². The monoisotopic (exact) mass is 375 g/mol. The van der Waals surface area contributed by atoms with Gasteiger partial charge in [-0.3, -0.25) is 4.79 Å². The van der Waals surface area contributed by atoms with E-state index in [-0.39, 0.29) is 5.91 Å². The number of benzene rings is 2. The summed E-state index contributed by atoms with van der Waals surface area (Å²) in [5.41, 5.74) is 2.69. The van der Waals surface area contributed by atoms with Gasteiger partial charge in [-0.15, -0.1) is 0 Å². The molecule has 144 valence electrons. The highest BCUT2D eigenvalue weighted by atomic mass is 16.5. The molecular formula is C24H25NO3. The number of hydrogen-bond acceptors (Lipinski definition) is 3. The summed E-state index contributed by atoms with van der Waals surface area (Å²) in [4.78, 5) is 12.8. The van der Waals surface area contributed by atoms with Crippen LogP contribution in [0.1, 0.15) is 30.2 Å². The summed E-state index contributed by atoms with van der Waals surface area (Å²) in [6.07, 6.45) is 5.14. The molecule has 1 amide bonds. The van der Waals surface area contributed by atoms with Crippen molar-refractivity contribution >= 4 is 17.6 Å². The van der Waals surface area contributed by atoms with Gasteiger partial charge in [-0.1, -0.05) is 42.5 Å². The molecule has 2 aromatic carbocycles. The zero-order chi connectivity index (χ0) is 19.6. The fourth-order valence-electron chi connectivity index (χ4n) is 2.92. The number of aryl methyl sites for hydroxylation is 1. The minimum atomic E-state index is -0.103. The van der Waals surface area contributed by atoms with Gasteiger partial charge in [0.2, 0.25) is 0 Å². The lowest BCUT2D eigenvalue weighted by Crippen LogP contribution is -2.25. The van der Waals surface area contributed by atoms with Crippen molar-refractivity contribution in [1.29, 1.82) is 0 Å². The molecule has 1 N–H and O–H groups in total. The maximum Gasteiger partial charge on any atom is 0.252 e. The van der Waals surface area contributed by atoms with Gasteiger partial charge in [0.15, 0.2) is 0 Å². The van der Waals surface area contributed by atoms with E-state index in [2.05, 4.69) is 17.4 Å². The van der Waals surface area contributed by atoms with Crippen LogP contribution >= 0.6 is 0 Å². The molecule has 0 aliphatic heterocycles. The maximum absolute atomic E-state index is 12.8. The van der Waals surface area contributed by atoms with E-state index in [4.69, 9.17) is 9.15 Å². The van der Waals surface area contributed by atoms with E-state index < -0.39 is 0 Å². The Morgan fingerprint density at radius 3 is 2.50 bits per heavy atom. The molecule has 0 saturated heterocycles. The van der Waals surface area contributed by atoms with Crippen LogP contribution in [0.3, 0.4) is 0 Å². The van der Waals surface area contributed by atoms with Crippen molar-refractivity contribution in [2.45, 2.75) is 19.8 Å². The largest absolute Gasteiger partial charge is 0.494 e. The molecule has 0 saturated carbocycles. The van der Waals surface area contributed by atoms with Crippen LogP contribution in [0.4, 0.5) is 0 Å². The minimum Gasteiger partial charge on any atom is -0.494 e. The van der Waals surface area contributed by atoms with E-state index >= 15 is 0 Å². The van der Waals surface area contributed by atoms with Gasteiger partial charge in [0.25, 0.3) is 5.91 Å². The number of nitrogens with one attached hydrogen (secondary N) is 1. The quantitative estimate of drug-likeness (QED) is 0.424. The smallest absolute Gasteiger partial charge is 0.252 e. The summed E-state index contributed by atoms with van der Waals surface area (Å²) in [5, 5.41) is 3.02. The average molecular weight is 375 g/mol. The van der Waals surface area contributed by atoms with E-state index in [1.54, 1.807) is 12.3 Å². The molecule has 3 rings (SSSR count). The molecule has 0 spiro atoms. The van der Waals surface area contributed by atoms with Crippen LogP contribution in [-0.2, 0) is 11.2 Å². The lowest BCUT2D eigenvalue weighted by molar-refractivity contribution is -0.115. The summed E-state index contributed by atoms with van der Waals surface area (Å²) >= 11 is 0. The fraction of sp³-hybridized carbons (Fsp3) is 0.208. The maximum atomic E-state index is 12.8. The van der Waals surface area contributed by atoms with Crippen LogP contribution in [0.5, 0.6) is 5.75 Å². The Kier molecular flexibility index (Phi) is 7.08.